The Hall–Kier alpha value is -2.78. The minimum Gasteiger partial charge on any atom is -0.487 e. The number of rotatable bonds is 4. The second kappa shape index (κ2) is 7.57. The molecule has 0 bridgehead atoms. The first kappa shape index (κ1) is 19.5. The lowest BCUT2D eigenvalue weighted by Gasteiger charge is -2.18. The van der Waals surface area contributed by atoms with Crippen molar-refractivity contribution in [2.75, 3.05) is 0 Å². The third-order valence-electron chi connectivity index (χ3n) is 5.20. The quantitative estimate of drug-likeness (QED) is 0.395. The number of halogens is 1. The molecule has 0 fully saturated rings. The van der Waals surface area contributed by atoms with Crippen molar-refractivity contribution in [3.05, 3.63) is 82.4 Å². The first-order valence-corrected chi connectivity index (χ1v) is 10.2. The predicted molar refractivity (Wildman–Crippen MR) is 121 cm³/mol. The number of nitrogens with one attached hydrogen (secondary N) is 1. The number of hydrogen-bond acceptors (Lipinski definition) is 2. The van der Waals surface area contributed by atoms with E-state index in [4.69, 9.17) is 21.3 Å². The molecule has 29 heavy (non-hydrogen) atoms. The van der Waals surface area contributed by atoms with E-state index in [1.165, 1.54) is 11.1 Å². The number of aromatic amines is 1. The Bertz CT molecular complexity index is 1170. The van der Waals surface area contributed by atoms with Crippen LogP contribution in [0.3, 0.4) is 0 Å². The van der Waals surface area contributed by atoms with Crippen molar-refractivity contribution in [2.45, 2.75) is 39.7 Å². The van der Waals surface area contributed by atoms with Crippen LogP contribution in [0.5, 0.6) is 5.75 Å². The molecule has 3 nitrogen and oxygen atoms in total. The number of nitrogens with zero attached hydrogens (tertiary/aromatic N) is 1. The van der Waals surface area contributed by atoms with Gasteiger partial charge in [0, 0.05) is 5.56 Å². The van der Waals surface area contributed by atoms with Gasteiger partial charge in [-0.05, 0) is 59.4 Å². The summed E-state index contributed by atoms with van der Waals surface area (Å²) >= 11 is 6.38. The van der Waals surface area contributed by atoms with E-state index in [0.29, 0.717) is 17.4 Å². The highest BCUT2D eigenvalue weighted by molar-refractivity contribution is 6.32. The van der Waals surface area contributed by atoms with Crippen LogP contribution in [-0.4, -0.2) is 9.97 Å². The number of aryl methyl sites for hydroxylation is 1. The molecule has 3 aromatic carbocycles. The molecule has 0 saturated heterocycles. The molecule has 4 heteroatoms. The molecule has 148 valence electrons. The fraction of sp³-hybridized carbons (Fsp3) is 0.240. The van der Waals surface area contributed by atoms with Crippen molar-refractivity contribution >= 4 is 22.6 Å². The van der Waals surface area contributed by atoms with Gasteiger partial charge >= 0.3 is 0 Å². The summed E-state index contributed by atoms with van der Waals surface area (Å²) in [6.45, 7) is 9.19. The second-order valence-corrected chi connectivity index (χ2v) is 8.83. The van der Waals surface area contributed by atoms with Crippen LogP contribution in [0, 0.1) is 6.92 Å². The number of aromatic nitrogens is 2. The molecule has 1 heterocycles. The lowest BCUT2D eigenvalue weighted by molar-refractivity contribution is 0.306. The molecular weight excluding hydrogens is 380 g/mol. The van der Waals surface area contributed by atoms with Gasteiger partial charge in [-0.15, -0.1) is 0 Å². The van der Waals surface area contributed by atoms with Gasteiger partial charge in [-0.2, -0.15) is 0 Å². The van der Waals surface area contributed by atoms with Crippen LogP contribution >= 0.6 is 11.6 Å². The zero-order valence-corrected chi connectivity index (χ0v) is 18.0. The van der Waals surface area contributed by atoms with E-state index < -0.39 is 0 Å². The zero-order chi connectivity index (χ0) is 20.6. The predicted octanol–water partition coefficient (Wildman–Crippen LogP) is 7.07. The van der Waals surface area contributed by atoms with Crippen molar-refractivity contribution < 1.29 is 4.74 Å². The van der Waals surface area contributed by atoms with E-state index in [0.717, 1.165) is 28.0 Å². The lowest BCUT2D eigenvalue weighted by Crippen LogP contribution is -2.10. The van der Waals surface area contributed by atoms with Crippen molar-refractivity contribution in [3.8, 4) is 17.1 Å². The maximum atomic E-state index is 6.38. The first-order valence-electron chi connectivity index (χ1n) is 9.79. The van der Waals surface area contributed by atoms with Gasteiger partial charge < -0.3 is 9.72 Å². The van der Waals surface area contributed by atoms with Gasteiger partial charge in [-0.25, -0.2) is 4.98 Å². The maximum Gasteiger partial charge on any atom is 0.139 e. The minimum atomic E-state index is 0.0936. The summed E-state index contributed by atoms with van der Waals surface area (Å²) in [6, 6.07) is 20.4. The molecule has 0 spiro atoms. The van der Waals surface area contributed by atoms with Gasteiger partial charge in [0.05, 0.1) is 16.1 Å². The number of fused-ring (bicyclic) bond motifs is 1. The summed E-state index contributed by atoms with van der Waals surface area (Å²) in [5.41, 5.74) is 6.64. The summed E-state index contributed by atoms with van der Waals surface area (Å²) in [6.07, 6.45) is 0. The fourth-order valence-corrected chi connectivity index (χ4v) is 3.47. The molecule has 0 atom stereocenters. The molecule has 4 rings (SSSR count). The Morgan fingerprint density at radius 3 is 2.55 bits per heavy atom. The molecule has 0 aliphatic heterocycles. The van der Waals surface area contributed by atoms with Crippen molar-refractivity contribution in [2.24, 2.45) is 0 Å². The van der Waals surface area contributed by atoms with Crippen LogP contribution < -0.4 is 4.74 Å². The highest BCUT2D eigenvalue weighted by Crippen LogP contribution is 2.32. The molecule has 0 aliphatic carbocycles. The Labute approximate surface area is 176 Å². The SMILES string of the molecule is Cc1ccccc1COc1cc(-c2nc3ccc(C(C)(C)C)cc3[nH]2)ccc1Cl. The lowest BCUT2D eigenvalue weighted by atomic mass is 9.87. The third-order valence-corrected chi connectivity index (χ3v) is 5.51. The molecule has 1 N–H and O–H groups in total. The van der Waals surface area contributed by atoms with E-state index in [-0.39, 0.29) is 5.41 Å². The number of H-pyrrole nitrogens is 1. The van der Waals surface area contributed by atoms with Crippen molar-refractivity contribution in [3.63, 3.8) is 0 Å². The van der Waals surface area contributed by atoms with Gasteiger partial charge in [0.25, 0.3) is 0 Å². The van der Waals surface area contributed by atoms with E-state index >= 15 is 0 Å². The van der Waals surface area contributed by atoms with E-state index in [1.54, 1.807) is 0 Å². The summed E-state index contributed by atoms with van der Waals surface area (Å²) < 4.78 is 6.03. The average Bonchev–Trinajstić information content (AvgIpc) is 3.11. The van der Waals surface area contributed by atoms with Gasteiger partial charge in [-0.3, -0.25) is 0 Å². The topological polar surface area (TPSA) is 37.9 Å². The summed E-state index contributed by atoms with van der Waals surface area (Å²) in [4.78, 5) is 8.20. The van der Waals surface area contributed by atoms with E-state index in [9.17, 15) is 0 Å². The number of imidazole rings is 1. The molecule has 0 unspecified atom stereocenters. The van der Waals surface area contributed by atoms with Crippen LogP contribution in [0.1, 0.15) is 37.5 Å². The molecule has 4 aromatic rings. The Morgan fingerprint density at radius 1 is 1.00 bits per heavy atom. The standard InChI is InChI=1S/C25H25ClN2O/c1-16-7-5-6-8-18(16)15-29-23-13-17(9-11-20(23)26)24-27-21-12-10-19(25(2,3)4)14-22(21)28-24/h5-14H,15H2,1-4H3,(H,27,28). The van der Waals surface area contributed by atoms with Gasteiger partial charge in [0.2, 0.25) is 0 Å². The molecule has 1 aromatic heterocycles. The fourth-order valence-electron chi connectivity index (χ4n) is 3.30. The van der Waals surface area contributed by atoms with Crippen molar-refractivity contribution in [1.29, 1.82) is 0 Å². The zero-order valence-electron chi connectivity index (χ0n) is 17.2. The molecule has 0 amide bonds. The van der Waals surface area contributed by atoms with Crippen LogP contribution in [-0.2, 0) is 12.0 Å². The summed E-state index contributed by atoms with van der Waals surface area (Å²) in [5.74, 6) is 1.46. The molecule has 0 saturated carbocycles. The molecule has 0 radical (unpaired) electrons. The maximum absolute atomic E-state index is 6.38. The smallest absolute Gasteiger partial charge is 0.139 e. The minimum absolute atomic E-state index is 0.0936. The van der Waals surface area contributed by atoms with Crippen LogP contribution in [0.15, 0.2) is 60.7 Å². The van der Waals surface area contributed by atoms with Gasteiger partial charge in [0.15, 0.2) is 0 Å². The van der Waals surface area contributed by atoms with Crippen molar-refractivity contribution in [1.82, 2.24) is 9.97 Å². The second-order valence-electron chi connectivity index (χ2n) is 8.43. The highest BCUT2D eigenvalue weighted by atomic mass is 35.5. The van der Waals surface area contributed by atoms with Gasteiger partial charge in [0.1, 0.15) is 18.2 Å². The highest BCUT2D eigenvalue weighted by Gasteiger charge is 2.16. The molecule has 0 aliphatic rings. The van der Waals surface area contributed by atoms with E-state index in [1.807, 2.05) is 30.3 Å². The molecular formula is C25H25ClN2O. The summed E-state index contributed by atoms with van der Waals surface area (Å²) in [7, 11) is 0. The Balaban J connectivity index is 1.63. The largest absolute Gasteiger partial charge is 0.487 e. The first-order chi connectivity index (χ1) is 13.8. The third kappa shape index (κ3) is 4.15. The van der Waals surface area contributed by atoms with E-state index in [2.05, 4.69) is 63.0 Å². The normalized spacial score (nSPS) is 11.8. The van der Waals surface area contributed by atoms with Crippen LogP contribution in [0.25, 0.3) is 22.4 Å². The monoisotopic (exact) mass is 404 g/mol. The summed E-state index contributed by atoms with van der Waals surface area (Å²) in [5, 5.41) is 0.591. The number of hydrogen-bond donors (Lipinski definition) is 1. The number of ether oxygens (including phenoxy) is 1. The number of benzene rings is 3. The average molecular weight is 405 g/mol. The van der Waals surface area contributed by atoms with Crippen LogP contribution in [0.4, 0.5) is 0 Å². The van der Waals surface area contributed by atoms with Gasteiger partial charge in [-0.1, -0.05) is 62.7 Å². The Morgan fingerprint density at radius 2 is 1.79 bits per heavy atom. The van der Waals surface area contributed by atoms with Crippen LogP contribution in [0.2, 0.25) is 5.02 Å². The Kier molecular flexibility index (Phi) is 5.10.